The number of amides is 1. The molecular weight excluding hydrogens is 324 g/mol. The third-order valence-electron chi connectivity index (χ3n) is 5.60. The van der Waals surface area contributed by atoms with Crippen LogP contribution in [0.3, 0.4) is 0 Å². The number of benzene rings is 1. The summed E-state index contributed by atoms with van der Waals surface area (Å²) < 4.78 is 2.09. The van der Waals surface area contributed by atoms with Gasteiger partial charge < -0.3 is 14.5 Å². The fourth-order valence-electron chi connectivity index (χ4n) is 4.08. The molecule has 0 unspecified atom stereocenters. The van der Waals surface area contributed by atoms with Gasteiger partial charge >= 0.3 is 0 Å². The van der Waals surface area contributed by atoms with Gasteiger partial charge in [-0.3, -0.25) is 4.79 Å². The Hall–Kier alpha value is -2.56. The van der Waals surface area contributed by atoms with E-state index >= 15 is 0 Å². The smallest absolute Gasteiger partial charge is 0.270 e. The highest BCUT2D eigenvalue weighted by atomic mass is 16.2. The maximum absolute atomic E-state index is 13.3. The Morgan fingerprint density at radius 2 is 2.19 bits per heavy atom. The van der Waals surface area contributed by atoms with Gasteiger partial charge in [0.2, 0.25) is 0 Å². The zero-order valence-electron chi connectivity index (χ0n) is 15.5. The molecule has 2 aromatic heterocycles. The summed E-state index contributed by atoms with van der Waals surface area (Å²) in [5.74, 6) is 0.145. The van der Waals surface area contributed by atoms with Gasteiger partial charge in [-0.15, -0.1) is 0 Å². The van der Waals surface area contributed by atoms with E-state index < -0.39 is 0 Å². The van der Waals surface area contributed by atoms with E-state index in [1.165, 1.54) is 12.0 Å². The number of nitrogens with one attached hydrogen (secondary N) is 1. The third-order valence-corrected chi connectivity index (χ3v) is 5.60. The molecule has 0 radical (unpaired) electrons. The molecule has 1 N–H and O–H groups in total. The predicted molar refractivity (Wildman–Crippen MR) is 103 cm³/mol. The van der Waals surface area contributed by atoms with E-state index in [4.69, 9.17) is 0 Å². The molecular formula is C21H26N4O. The molecule has 5 heteroatoms. The molecule has 1 aliphatic rings. The molecule has 0 aliphatic carbocycles. The molecule has 1 aliphatic heterocycles. The van der Waals surface area contributed by atoms with Crippen molar-refractivity contribution in [2.45, 2.75) is 52.1 Å². The molecule has 26 heavy (non-hydrogen) atoms. The Kier molecular flexibility index (Phi) is 4.53. The maximum Gasteiger partial charge on any atom is 0.270 e. The number of aromatic nitrogens is 3. The van der Waals surface area contributed by atoms with Crippen LogP contribution in [0.1, 0.15) is 47.3 Å². The number of carbonyl (C=O) groups is 1. The zero-order chi connectivity index (χ0) is 18.1. The normalized spacial score (nSPS) is 17.8. The summed E-state index contributed by atoms with van der Waals surface area (Å²) in [5, 5.41) is 1.15. The molecule has 0 spiro atoms. The number of H-pyrrole nitrogens is 1. The maximum atomic E-state index is 13.3. The van der Waals surface area contributed by atoms with Gasteiger partial charge in [0.15, 0.2) is 0 Å². The number of aryl methyl sites for hydroxylation is 3. The quantitative estimate of drug-likeness (QED) is 0.771. The average molecular weight is 350 g/mol. The number of nitrogens with zero attached hydrogens (tertiary/aromatic N) is 3. The number of likely N-dealkylation sites (tertiary alicyclic amines) is 1. The topological polar surface area (TPSA) is 53.9 Å². The van der Waals surface area contributed by atoms with Gasteiger partial charge in [-0.2, -0.15) is 0 Å². The monoisotopic (exact) mass is 350 g/mol. The number of imidazole rings is 1. The molecule has 1 atom stereocenters. The van der Waals surface area contributed by atoms with E-state index in [-0.39, 0.29) is 5.91 Å². The van der Waals surface area contributed by atoms with Gasteiger partial charge in [-0.1, -0.05) is 11.6 Å². The Bertz CT molecular complexity index is 910. The first-order valence-corrected chi connectivity index (χ1v) is 9.49. The summed E-state index contributed by atoms with van der Waals surface area (Å²) in [6.45, 7) is 5.89. The van der Waals surface area contributed by atoms with Crippen molar-refractivity contribution in [3.63, 3.8) is 0 Å². The summed E-state index contributed by atoms with van der Waals surface area (Å²) in [7, 11) is 0. The van der Waals surface area contributed by atoms with Crippen LogP contribution < -0.4 is 0 Å². The molecule has 3 aromatic rings. The van der Waals surface area contributed by atoms with Crippen LogP contribution >= 0.6 is 0 Å². The second-order valence-electron chi connectivity index (χ2n) is 7.41. The minimum absolute atomic E-state index is 0.145. The fourth-order valence-corrected chi connectivity index (χ4v) is 4.08. The molecule has 3 heterocycles. The number of rotatable bonds is 4. The van der Waals surface area contributed by atoms with E-state index in [1.54, 1.807) is 6.20 Å². The van der Waals surface area contributed by atoms with Crippen LogP contribution in [0, 0.1) is 13.8 Å². The van der Waals surface area contributed by atoms with Gasteiger partial charge in [0.05, 0.1) is 6.33 Å². The van der Waals surface area contributed by atoms with Crippen molar-refractivity contribution < 1.29 is 4.79 Å². The van der Waals surface area contributed by atoms with Crippen LogP contribution in [-0.2, 0) is 6.54 Å². The van der Waals surface area contributed by atoms with Crippen molar-refractivity contribution in [2.24, 2.45) is 0 Å². The molecule has 136 valence electrons. The van der Waals surface area contributed by atoms with Crippen LogP contribution in [0.15, 0.2) is 36.9 Å². The lowest BCUT2D eigenvalue weighted by molar-refractivity contribution is 0.0589. The summed E-state index contributed by atoms with van der Waals surface area (Å²) >= 11 is 0. The second-order valence-corrected chi connectivity index (χ2v) is 7.41. The Labute approximate surface area is 154 Å². The van der Waals surface area contributed by atoms with Crippen LogP contribution in [0.25, 0.3) is 10.9 Å². The highest BCUT2D eigenvalue weighted by molar-refractivity contribution is 6.01. The van der Waals surface area contributed by atoms with Crippen LogP contribution in [-0.4, -0.2) is 37.9 Å². The molecule has 1 amide bonds. The molecule has 0 bridgehead atoms. The van der Waals surface area contributed by atoms with Gasteiger partial charge in [-0.05, 0) is 57.2 Å². The summed E-state index contributed by atoms with van der Waals surface area (Å²) in [4.78, 5) is 22.9. The Morgan fingerprint density at radius 1 is 1.31 bits per heavy atom. The van der Waals surface area contributed by atoms with Crippen molar-refractivity contribution in [1.82, 2.24) is 19.4 Å². The van der Waals surface area contributed by atoms with Crippen LogP contribution in [0.2, 0.25) is 0 Å². The van der Waals surface area contributed by atoms with E-state index in [1.807, 2.05) is 12.5 Å². The highest BCUT2D eigenvalue weighted by Crippen LogP contribution is 2.27. The SMILES string of the molecule is Cc1ccc2[nH]c(C(=O)N3CCCC[C@@H]3CCn3ccnc3)c(C)c2c1. The molecule has 1 fully saturated rings. The van der Waals surface area contributed by atoms with E-state index in [0.717, 1.165) is 54.5 Å². The largest absolute Gasteiger partial charge is 0.350 e. The first-order valence-electron chi connectivity index (χ1n) is 9.49. The number of hydrogen-bond donors (Lipinski definition) is 1. The summed E-state index contributed by atoms with van der Waals surface area (Å²) in [6, 6.07) is 6.61. The van der Waals surface area contributed by atoms with Crippen molar-refractivity contribution >= 4 is 16.8 Å². The number of carbonyl (C=O) groups excluding carboxylic acids is 1. The number of piperidine rings is 1. The standard InChI is InChI=1S/C21H26N4O/c1-15-6-7-19-18(13-15)16(2)20(23-19)21(26)25-10-4-3-5-17(25)8-11-24-12-9-22-14-24/h6-7,9,12-14,17,23H,3-5,8,10-11H2,1-2H3/t17-/m1/s1. The Morgan fingerprint density at radius 3 is 3.00 bits per heavy atom. The van der Waals surface area contributed by atoms with Crippen molar-refractivity contribution in [3.05, 3.63) is 53.7 Å². The Balaban J connectivity index is 1.57. The number of hydrogen-bond acceptors (Lipinski definition) is 2. The number of fused-ring (bicyclic) bond motifs is 1. The summed E-state index contributed by atoms with van der Waals surface area (Å²) in [6.07, 6.45) is 9.98. The molecule has 1 aromatic carbocycles. The molecule has 1 saturated heterocycles. The van der Waals surface area contributed by atoms with Crippen LogP contribution in [0.4, 0.5) is 0 Å². The molecule has 5 nitrogen and oxygen atoms in total. The first-order chi connectivity index (χ1) is 12.6. The van der Waals surface area contributed by atoms with E-state index in [2.05, 4.69) is 51.5 Å². The molecule has 4 rings (SSSR count). The van der Waals surface area contributed by atoms with Gasteiger partial charge in [0.1, 0.15) is 5.69 Å². The minimum Gasteiger partial charge on any atom is -0.350 e. The second kappa shape index (κ2) is 6.98. The third kappa shape index (κ3) is 3.14. The van der Waals surface area contributed by atoms with Crippen molar-refractivity contribution in [1.29, 1.82) is 0 Å². The van der Waals surface area contributed by atoms with Gasteiger partial charge in [0.25, 0.3) is 5.91 Å². The molecule has 0 saturated carbocycles. The average Bonchev–Trinajstić information content (AvgIpc) is 3.28. The first kappa shape index (κ1) is 16.9. The van der Waals surface area contributed by atoms with E-state index in [9.17, 15) is 4.79 Å². The minimum atomic E-state index is 0.145. The van der Waals surface area contributed by atoms with E-state index in [0.29, 0.717) is 6.04 Å². The van der Waals surface area contributed by atoms with Gasteiger partial charge in [0, 0.05) is 42.4 Å². The lowest BCUT2D eigenvalue weighted by Gasteiger charge is -2.36. The van der Waals surface area contributed by atoms with Crippen molar-refractivity contribution in [2.75, 3.05) is 6.54 Å². The van der Waals surface area contributed by atoms with Crippen molar-refractivity contribution in [3.8, 4) is 0 Å². The highest BCUT2D eigenvalue weighted by Gasteiger charge is 2.29. The van der Waals surface area contributed by atoms with Crippen LogP contribution in [0.5, 0.6) is 0 Å². The lowest BCUT2D eigenvalue weighted by Crippen LogP contribution is -2.44. The summed E-state index contributed by atoms with van der Waals surface area (Å²) in [5.41, 5.74) is 4.07. The predicted octanol–water partition coefficient (Wildman–Crippen LogP) is 4.07. The zero-order valence-corrected chi connectivity index (χ0v) is 15.5. The van der Waals surface area contributed by atoms with Gasteiger partial charge in [-0.25, -0.2) is 4.98 Å². The lowest BCUT2D eigenvalue weighted by atomic mass is 9.98. The number of aromatic amines is 1. The fraction of sp³-hybridized carbons (Fsp3) is 0.429.